The maximum absolute atomic E-state index is 11.7. The van der Waals surface area contributed by atoms with Crippen LogP contribution in [-0.4, -0.2) is 11.6 Å². The zero-order valence-corrected chi connectivity index (χ0v) is 5.48. The molecule has 0 aliphatic carbocycles. The Balaban J connectivity index is 4.49. The molecule has 0 amide bonds. The van der Waals surface area contributed by atoms with Gasteiger partial charge in [-0.3, -0.25) is 0 Å². The molecular weight excluding hydrogens is 197 g/mol. The van der Waals surface area contributed by atoms with E-state index < -0.39 is 23.5 Å². The second kappa shape index (κ2) is 2.92. The van der Waals surface area contributed by atoms with Crippen molar-refractivity contribution in [1.29, 1.82) is 0 Å². The predicted octanol–water partition coefficient (Wildman–Crippen LogP) is 3.23. The molecule has 11 heavy (non-hydrogen) atoms. The van der Waals surface area contributed by atoms with Gasteiger partial charge in [0.05, 0.1) is 6.08 Å². The maximum atomic E-state index is 11.7. The van der Waals surface area contributed by atoms with E-state index in [-0.39, 0.29) is 0 Å². The second-order valence-corrected chi connectivity index (χ2v) is 2.01. The average molecular weight is 198 g/mol. The van der Waals surface area contributed by atoms with Crippen molar-refractivity contribution in [3.05, 3.63) is 11.9 Å². The van der Waals surface area contributed by atoms with Gasteiger partial charge >= 0.3 is 11.6 Å². The molecule has 7 heteroatoms. The third-order valence-electron chi connectivity index (χ3n) is 0.561. The fourth-order valence-corrected chi connectivity index (χ4v) is 0.280. The minimum Gasteiger partial charge on any atom is -0.204 e. The van der Waals surface area contributed by atoms with Gasteiger partial charge in [0.2, 0.25) is 0 Å². The third-order valence-corrected chi connectivity index (χ3v) is 0.742. The van der Waals surface area contributed by atoms with E-state index in [1.807, 2.05) is 0 Å². The smallest absolute Gasteiger partial charge is 0.204 e. The average Bonchev–Trinajstić information content (AvgIpc) is 1.56. The van der Waals surface area contributed by atoms with Crippen molar-refractivity contribution in [3.8, 4) is 0 Å². The summed E-state index contributed by atoms with van der Waals surface area (Å²) in [6.07, 6.45) is -6.32. The van der Waals surface area contributed by atoms with E-state index in [0.29, 0.717) is 0 Å². The summed E-state index contributed by atoms with van der Waals surface area (Å²) >= 11 is 3.91. The molecule has 0 fully saturated rings. The highest BCUT2D eigenvalue weighted by Crippen LogP contribution is 2.32. The van der Waals surface area contributed by atoms with E-state index in [9.17, 15) is 26.3 Å². The summed E-state index contributed by atoms with van der Waals surface area (Å²) in [6, 6.07) is 0. The molecule has 0 bridgehead atoms. The molecule has 0 heterocycles. The van der Waals surface area contributed by atoms with Crippen molar-refractivity contribution >= 4 is 11.6 Å². The standard InChI is InChI=1S/C4HClF6/c5-4(10,11)2(6)1-3(7,8)9/h1H/b2-1-. The maximum Gasteiger partial charge on any atom is 0.412 e. The van der Waals surface area contributed by atoms with Crippen LogP contribution in [0.5, 0.6) is 0 Å². The number of allylic oxidation sites excluding steroid dienone is 2. The van der Waals surface area contributed by atoms with Crippen LogP contribution in [0.2, 0.25) is 0 Å². The first-order valence-electron chi connectivity index (χ1n) is 2.15. The molecule has 0 N–H and O–H groups in total. The first-order chi connectivity index (χ1) is 4.63. The lowest BCUT2D eigenvalue weighted by Crippen LogP contribution is -2.11. The molecule has 0 nitrogen and oxygen atoms in total. The van der Waals surface area contributed by atoms with Crippen LogP contribution in [0.15, 0.2) is 11.9 Å². The molecule has 0 aliphatic rings. The number of hydrogen-bond donors (Lipinski definition) is 0. The topological polar surface area (TPSA) is 0 Å². The van der Waals surface area contributed by atoms with E-state index in [1.165, 1.54) is 0 Å². The first-order valence-corrected chi connectivity index (χ1v) is 2.53. The Morgan fingerprint density at radius 3 is 1.55 bits per heavy atom. The van der Waals surface area contributed by atoms with Gasteiger partial charge in [-0.1, -0.05) is 0 Å². The molecule has 0 aromatic heterocycles. The van der Waals surface area contributed by atoms with Gasteiger partial charge in [0.15, 0.2) is 5.83 Å². The lowest BCUT2D eigenvalue weighted by Gasteiger charge is -2.05. The first kappa shape index (κ1) is 10.6. The Kier molecular flexibility index (Phi) is 2.82. The summed E-state index contributed by atoms with van der Waals surface area (Å²) in [4.78, 5) is 0. The molecule has 66 valence electrons. The summed E-state index contributed by atoms with van der Waals surface area (Å²) in [6.45, 7) is 0. The fraction of sp³-hybridized carbons (Fsp3) is 0.500. The zero-order valence-electron chi connectivity index (χ0n) is 4.72. The fourth-order valence-electron chi connectivity index (χ4n) is 0.226. The van der Waals surface area contributed by atoms with Crippen LogP contribution >= 0.6 is 11.6 Å². The van der Waals surface area contributed by atoms with Crippen molar-refractivity contribution in [1.82, 2.24) is 0 Å². The molecule has 0 spiro atoms. The number of alkyl halides is 6. The molecule has 0 radical (unpaired) electrons. The molecule has 0 unspecified atom stereocenters. The Hall–Kier alpha value is -0.390. The van der Waals surface area contributed by atoms with Gasteiger partial charge < -0.3 is 0 Å². The van der Waals surface area contributed by atoms with Crippen LogP contribution in [0.4, 0.5) is 26.3 Å². The van der Waals surface area contributed by atoms with Gasteiger partial charge in [0.1, 0.15) is 0 Å². The van der Waals surface area contributed by atoms with Crippen LogP contribution < -0.4 is 0 Å². The van der Waals surface area contributed by atoms with Crippen molar-refractivity contribution in [2.75, 3.05) is 0 Å². The highest BCUT2D eigenvalue weighted by molar-refractivity contribution is 6.23. The SMILES string of the molecule is F/C(=C\C(F)(F)F)C(F)(F)Cl. The largest absolute Gasteiger partial charge is 0.412 e. The zero-order chi connectivity index (χ0) is 9.28. The van der Waals surface area contributed by atoms with Crippen LogP contribution in [0.25, 0.3) is 0 Å². The summed E-state index contributed by atoms with van der Waals surface area (Å²) < 4.78 is 68.0. The van der Waals surface area contributed by atoms with Gasteiger partial charge in [0.25, 0.3) is 0 Å². The van der Waals surface area contributed by atoms with Gasteiger partial charge in [-0.05, 0) is 11.6 Å². The minimum absolute atomic E-state index is 1.19. The Bertz CT molecular complexity index is 162. The number of hydrogen-bond acceptors (Lipinski definition) is 0. The van der Waals surface area contributed by atoms with E-state index in [2.05, 4.69) is 11.6 Å². The highest BCUT2D eigenvalue weighted by atomic mass is 35.5. The van der Waals surface area contributed by atoms with Crippen LogP contribution in [0.1, 0.15) is 0 Å². The molecule has 0 atom stereocenters. The van der Waals surface area contributed by atoms with E-state index in [1.54, 1.807) is 0 Å². The van der Waals surface area contributed by atoms with E-state index >= 15 is 0 Å². The molecule has 0 rings (SSSR count). The summed E-state index contributed by atoms with van der Waals surface area (Å²) in [5.41, 5.74) is 0. The summed E-state index contributed by atoms with van der Waals surface area (Å²) in [7, 11) is 0. The van der Waals surface area contributed by atoms with Crippen molar-refractivity contribution in [2.45, 2.75) is 11.6 Å². The monoisotopic (exact) mass is 198 g/mol. The van der Waals surface area contributed by atoms with Crippen LogP contribution in [0.3, 0.4) is 0 Å². The minimum atomic E-state index is -5.12. The highest BCUT2D eigenvalue weighted by Gasteiger charge is 2.37. The van der Waals surface area contributed by atoms with Gasteiger partial charge in [-0.25, -0.2) is 4.39 Å². The van der Waals surface area contributed by atoms with Crippen molar-refractivity contribution in [2.24, 2.45) is 0 Å². The van der Waals surface area contributed by atoms with Crippen molar-refractivity contribution in [3.63, 3.8) is 0 Å². The van der Waals surface area contributed by atoms with Crippen LogP contribution in [0, 0.1) is 0 Å². The molecule has 0 aliphatic heterocycles. The molecule has 0 saturated heterocycles. The van der Waals surface area contributed by atoms with Gasteiger partial charge in [-0.15, -0.1) is 0 Å². The lowest BCUT2D eigenvalue weighted by atomic mass is 10.4. The molecule has 0 aromatic carbocycles. The normalized spacial score (nSPS) is 15.4. The second-order valence-electron chi connectivity index (χ2n) is 1.53. The molecular formula is C4HClF6. The predicted molar refractivity (Wildman–Crippen MR) is 26.0 cm³/mol. The Morgan fingerprint density at radius 1 is 1.09 bits per heavy atom. The number of halogens is 7. The summed E-state index contributed by atoms with van der Waals surface area (Å²) in [5.74, 6) is -2.72. The Morgan fingerprint density at radius 2 is 1.45 bits per heavy atom. The lowest BCUT2D eigenvalue weighted by molar-refractivity contribution is -0.0836. The number of rotatable bonds is 1. The summed E-state index contributed by atoms with van der Waals surface area (Å²) in [5, 5.41) is -4.59. The van der Waals surface area contributed by atoms with Crippen LogP contribution in [-0.2, 0) is 0 Å². The molecule has 0 saturated carbocycles. The quantitative estimate of drug-likeness (QED) is 0.448. The van der Waals surface area contributed by atoms with Crippen molar-refractivity contribution < 1.29 is 26.3 Å². The van der Waals surface area contributed by atoms with E-state index in [0.717, 1.165) is 0 Å². The van der Waals surface area contributed by atoms with E-state index in [4.69, 9.17) is 0 Å². The molecule has 0 aromatic rings. The Labute approximate surface area is 62.4 Å². The van der Waals surface area contributed by atoms with Gasteiger partial charge in [-0.2, -0.15) is 22.0 Å². The van der Waals surface area contributed by atoms with Gasteiger partial charge in [0, 0.05) is 0 Å². The third kappa shape index (κ3) is 4.94.